The highest BCUT2D eigenvalue weighted by Crippen LogP contribution is 2.43. The summed E-state index contributed by atoms with van der Waals surface area (Å²) in [6.45, 7) is 6.65. The summed E-state index contributed by atoms with van der Waals surface area (Å²) in [5.41, 5.74) is 4.76. The molecule has 0 fully saturated rings. The maximum atomic E-state index is 17.3. The van der Waals surface area contributed by atoms with Gasteiger partial charge >= 0.3 is 6.18 Å². The molecule has 2 aromatic carbocycles. The van der Waals surface area contributed by atoms with Crippen molar-refractivity contribution in [3.8, 4) is 33.8 Å². The Hall–Kier alpha value is -7.75. The second-order valence-electron chi connectivity index (χ2n) is 18.7. The van der Waals surface area contributed by atoms with Gasteiger partial charge in [0.2, 0.25) is 11.9 Å². The van der Waals surface area contributed by atoms with E-state index in [4.69, 9.17) is 23.8 Å². The van der Waals surface area contributed by atoms with Crippen LogP contribution in [0.25, 0.3) is 33.3 Å². The van der Waals surface area contributed by atoms with E-state index in [9.17, 15) is 18.0 Å². The van der Waals surface area contributed by atoms with E-state index >= 15 is 13.0 Å². The van der Waals surface area contributed by atoms with E-state index in [0.29, 0.717) is 88.9 Å². The maximum Gasteiger partial charge on any atom is 0.433 e. The number of nitrogens with one attached hydrogen (secondary N) is 2. The highest BCUT2D eigenvalue weighted by molar-refractivity contribution is 7.93. The Morgan fingerprint density at radius 3 is 2.25 bits per heavy atom. The number of pyridine rings is 2. The van der Waals surface area contributed by atoms with Gasteiger partial charge in [0.05, 0.1) is 52.8 Å². The molecular formula is C51H45F5N12O4S. The van der Waals surface area contributed by atoms with Crippen LogP contribution in [0, 0.1) is 18.6 Å². The summed E-state index contributed by atoms with van der Waals surface area (Å²) in [7, 11) is -3.46. The van der Waals surface area contributed by atoms with Crippen LogP contribution in [0.5, 0.6) is 11.5 Å². The summed E-state index contributed by atoms with van der Waals surface area (Å²) < 4.78 is 111. The Morgan fingerprint density at radius 2 is 1.52 bits per heavy atom. The lowest BCUT2D eigenvalue weighted by molar-refractivity contribution is -0.140. The summed E-state index contributed by atoms with van der Waals surface area (Å²) in [5, 5.41) is 6.36. The predicted molar refractivity (Wildman–Crippen MR) is 259 cm³/mol. The van der Waals surface area contributed by atoms with E-state index in [1.807, 2.05) is 32.9 Å². The van der Waals surface area contributed by atoms with E-state index in [1.54, 1.807) is 27.6 Å². The Kier molecular flexibility index (Phi) is 11.1. The average Bonchev–Trinajstić information content (AvgIpc) is 4.22. The second kappa shape index (κ2) is 17.5. The molecule has 0 bridgehead atoms. The number of halogens is 5. The number of hydrogen-bond donors (Lipinski definition) is 2. The quantitative estimate of drug-likeness (QED) is 0.125. The highest BCUT2D eigenvalue weighted by Gasteiger charge is 2.38. The lowest BCUT2D eigenvalue weighted by Crippen LogP contribution is -2.37. The molecule has 0 spiro atoms. The number of amides is 1. The summed E-state index contributed by atoms with van der Waals surface area (Å²) in [6, 6.07) is 10.9. The Balaban J connectivity index is 0.882. The van der Waals surface area contributed by atoms with Gasteiger partial charge in [-0.05, 0) is 63.1 Å². The van der Waals surface area contributed by atoms with Crippen molar-refractivity contribution in [2.75, 3.05) is 36.1 Å². The third kappa shape index (κ3) is 7.75. The number of imidazole rings is 2. The number of benzene rings is 2. The Bertz CT molecular complexity index is 3740. The fourth-order valence-electron chi connectivity index (χ4n) is 10.5. The van der Waals surface area contributed by atoms with Crippen LogP contribution in [0.15, 0.2) is 83.1 Å². The molecule has 4 aliphatic rings. The highest BCUT2D eigenvalue weighted by atomic mass is 32.2. The Morgan fingerprint density at radius 1 is 0.822 bits per heavy atom. The molecule has 22 heteroatoms. The van der Waals surface area contributed by atoms with Gasteiger partial charge < -0.3 is 25.0 Å². The van der Waals surface area contributed by atoms with Crippen molar-refractivity contribution in [2.24, 2.45) is 4.36 Å². The lowest BCUT2D eigenvalue weighted by atomic mass is 9.91. The van der Waals surface area contributed by atoms with Crippen molar-refractivity contribution in [1.29, 1.82) is 0 Å². The summed E-state index contributed by atoms with van der Waals surface area (Å²) in [6.07, 6.45) is 3.04. The first-order valence-electron chi connectivity index (χ1n) is 23.8. The zero-order valence-corrected chi connectivity index (χ0v) is 40.4. The van der Waals surface area contributed by atoms with Gasteiger partial charge in [0.1, 0.15) is 35.8 Å². The van der Waals surface area contributed by atoms with Crippen molar-refractivity contribution in [2.45, 2.75) is 82.8 Å². The van der Waals surface area contributed by atoms with Gasteiger partial charge in [-0.3, -0.25) is 23.6 Å². The van der Waals surface area contributed by atoms with Crippen LogP contribution < -0.4 is 20.1 Å². The van der Waals surface area contributed by atoms with Crippen LogP contribution in [-0.2, 0) is 48.4 Å². The molecule has 8 aromatic rings. The number of rotatable bonds is 10. The number of hydrogen-bond acceptors (Lipinski definition) is 13. The molecule has 12 rings (SSSR count). The number of alkyl halides is 3. The minimum Gasteiger partial charge on any atom is -0.493 e. The minimum atomic E-state index is -4.86. The number of anilines is 2. The number of nitrogens with zero attached hydrogens (tertiary/aromatic N) is 10. The van der Waals surface area contributed by atoms with Gasteiger partial charge in [-0.25, -0.2) is 37.3 Å². The zero-order chi connectivity index (χ0) is 50.5. The first-order chi connectivity index (χ1) is 35.2. The molecule has 10 heterocycles. The number of carbonyl (C=O) groups excluding carboxylic acids is 1. The second-order valence-corrected chi connectivity index (χ2v) is 21.1. The standard InChI is InChI=1S/C51H45F5N12O4S/c1-26(2)66-23-39-29(7-6-27(3)65-39)36-21-60-49(67-24-62-43(44(36)67)48(66)69)59-20-35-31-11-15-72-41(31)17-33(42(35)53)28-12-16-73(70,64-18-28)47-45-37(32-5-4-13-57-46(32)51(54,55)56)22-61-50(68(45)25-63-47)58-19-34-30-10-14-71-40(30)9-8-38(34)52/h4-9,13,17,21-22,24-26,28H,10-12,14-16,18-20,23H2,1-3H3,(H,58,61)(H,59,60). The van der Waals surface area contributed by atoms with Crippen molar-refractivity contribution in [1.82, 2.24) is 43.6 Å². The zero-order valence-electron chi connectivity index (χ0n) is 39.6. The fraction of sp³-hybridized carbons (Fsp3) is 0.314. The predicted octanol–water partition coefficient (Wildman–Crippen LogP) is 8.97. The number of carbonyl (C=O) groups is 1. The van der Waals surface area contributed by atoms with Crippen LogP contribution >= 0.6 is 0 Å². The van der Waals surface area contributed by atoms with E-state index in [0.717, 1.165) is 23.1 Å². The molecule has 2 unspecified atom stereocenters. The molecule has 6 aromatic heterocycles. The van der Waals surface area contributed by atoms with Gasteiger partial charge in [-0.15, -0.1) is 0 Å². The van der Waals surface area contributed by atoms with Crippen LogP contribution in [0.3, 0.4) is 0 Å². The smallest absolute Gasteiger partial charge is 0.433 e. The number of fused-ring (bicyclic) bond motifs is 5. The van der Waals surface area contributed by atoms with Crippen LogP contribution in [0.1, 0.15) is 81.6 Å². The third-order valence-electron chi connectivity index (χ3n) is 14.1. The Labute approximate surface area is 414 Å². The number of ether oxygens (including phenoxy) is 2. The molecule has 374 valence electrons. The largest absolute Gasteiger partial charge is 0.493 e. The number of aromatic nitrogens is 8. The first kappa shape index (κ1) is 46.3. The fourth-order valence-corrected chi connectivity index (χ4v) is 12.7. The number of aryl methyl sites for hydroxylation is 1. The van der Waals surface area contributed by atoms with Crippen molar-refractivity contribution in [3.63, 3.8) is 0 Å². The van der Waals surface area contributed by atoms with E-state index in [2.05, 4.69) is 30.6 Å². The van der Waals surface area contributed by atoms with Crippen molar-refractivity contribution >= 4 is 38.6 Å². The van der Waals surface area contributed by atoms with Gasteiger partial charge in [0.15, 0.2) is 16.4 Å². The van der Waals surface area contributed by atoms with Gasteiger partial charge in [0, 0.05) is 112 Å². The topological polar surface area (TPSA) is 178 Å². The van der Waals surface area contributed by atoms with Gasteiger partial charge in [-0.2, -0.15) is 13.2 Å². The molecule has 2 atom stereocenters. The van der Waals surface area contributed by atoms with Crippen molar-refractivity contribution < 1.29 is 40.4 Å². The average molecular weight is 1020 g/mol. The molecule has 73 heavy (non-hydrogen) atoms. The monoisotopic (exact) mass is 1020 g/mol. The van der Waals surface area contributed by atoms with Gasteiger partial charge in [0.25, 0.3) is 5.91 Å². The van der Waals surface area contributed by atoms with Crippen molar-refractivity contribution in [3.05, 3.63) is 136 Å². The van der Waals surface area contributed by atoms with E-state index in [-0.39, 0.29) is 77.1 Å². The maximum absolute atomic E-state index is 17.3. The van der Waals surface area contributed by atoms with Crippen LogP contribution in [-0.4, -0.2) is 85.3 Å². The molecular weight excluding hydrogens is 972 g/mol. The van der Waals surface area contributed by atoms with Gasteiger partial charge in [-0.1, -0.05) is 12.1 Å². The minimum absolute atomic E-state index is 0.0143. The SMILES string of the molecule is Cc1ccc2c(n1)CN(C(C)C)C(=O)c1ncn3c(NCc4c(F)c(C5CCS(=O)(c6ncn7c(NCc8c(F)ccc9c8CCO9)ncc(-c8cccnc8C(F)(F)F)c67)=NC5)cc5c4CCO5)ncc-2c13. The summed E-state index contributed by atoms with van der Waals surface area (Å²) in [5.74, 6) is -0.371. The molecule has 2 N–H and O–H groups in total. The summed E-state index contributed by atoms with van der Waals surface area (Å²) >= 11 is 0. The summed E-state index contributed by atoms with van der Waals surface area (Å²) in [4.78, 5) is 42.6. The van der Waals surface area contributed by atoms with E-state index in [1.165, 1.54) is 41.5 Å². The molecule has 0 aliphatic carbocycles. The molecule has 0 radical (unpaired) electrons. The van der Waals surface area contributed by atoms with Crippen LogP contribution in [0.2, 0.25) is 0 Å². The molecule has 1 amide bonds. The van der Waals surface area contributed by atoms with Crippen LogP contribution in [0.4, 0.5) is 33.8 Å². The molecule has 16 nitrogen and oxygen atoms in total. The van der Waals surface area contributed by atoms with E-state index < -0.39 is 39.2 Å². The first-order valence-corrected chi connectivity index (χ1v) is 25.5. The lowest BCUT2D eigenvalue weighted by Gasteiger charge is -2.29. The third-order valence-corrected chi connectivity index (χ3v) is 16.4. The molecule has 0 saturated carbocycles. The molecule has 0 saturated heterocycles. The normalized spacial score (nSPS) is 18.2. The molecule has 4 aliphatic heterocycles.